The maximum absolute atomic E-state index is 13.0. The Morgan fingerprint density at radius 3 is 2.40 bits per heavy atom. The molecule has 1 rings (SSSR count). The summed E-state index contributed by atoms with van der Waals surface area (Å²) >= 11 is 0. The summed E-state index contributed by atoms with van der Waals surface area (Å²) in [4.78, 5) is 11.5. The summed E-state index contributed by atoms with van der Waals surface area (Å²) in [7, 11) is 1.12. The third-order valence-corrected chi connectivity index (χ3v) is 2.58. The molecule has 0 saturated heterocycles. The second kappa shape index (κ2) is 5.58. The maximum Gasteiger partial charge on any atom is 0.432 e. The molecular formula is C12H13F3O5. The molecule has 1 aromatic rings. The van der Waals surface area contributed by atoms with E-state index in [9.17, 15) is 28.2 Å². The van der Waals surface area contributed by atoms with Crippen molar-refractivity contribution in [3.05, 3.63) is 23.8 Å². The molecule has 1 atom stereocenters. The van der Waals surface area contributed by atoms with Gasteiger partial charge in [-0.1, -0.05) is 6.07 Å². The lowest BCUT2D eigenvalue weighted by Crippen LogP contribution is -2.50. The molecule has 0 aliphatic heterocycles. The lowest BCUT2D eigenvalue weighted by Gasteiger charge is -2.28. The quantitative estimate of drug-likeness (QED) is 0.827. The van der Waals surface area contributed by atoms with Crippen LogP contribution in [-0.2, 0) is 15.1 Å². The number of benzene rings is 1. The number of ether oxygens (including phenoxy) is 2. The number of aliphatic hydroxyl groups is 1. The van der Waals surface area contributed by atoms with Crippen LogP contribution >= 0.6 is 0 Å². The van der Waals surface area contributed by atoms with Crippen molar-refractivity contribution in [3.8, 4) is 11.5 Å². The average molecular weight is 294 g/mol. The predicted molar refractivity (Wildman–Crippen MR) is 61.2 cm³/mol. The normalized spacial score (nSPS) is 14.5. The van der Waals surface area contributed by atoms with Gasteiger partial charge in [0.2, 0.25) is 0 Å². The maximum atomic E-state index is 13.0. The van der Waals surface area contributed by atoms with Gasteiger partial charge in [-0.2, -0.15) is 13.2 Å². The first-order valence-corrected chi connectivity index (χ1v) is 5.52. The number of hydrogen-bond donors (Lipinski definition) is 2. The van der Waals surface area contributed by atoms with Gasteiger partial charge in [-0.25, -0.2) is 4.79 Å². The van der Waals surface area contributed by atoms with Gasteiger partial charge in [0, 0.05) is 5.56 Å². The summed E-state index contributed by atoms with van der Waals surface area (Å²) < 4.78 is 48.1. The van der Waals surface area contributed by atoms with Crippen LogP contribution in [0.5, 0.6) is 11.5 Å². The number of aromatic hydroxyl groups is 1. The Hall–Kier alpha value is -1.96. The van der Waals surface area contributed by atoms with Crippen molar-refractivity contribution in [2.24, 2.45) is 0 Å². The van der Waals surface area contributed by atoms with E-state index in [-0.39, 0.29) is 12.4 Å². The number of halogens is 3. The molecule has 112 valence electrons. The number of phenolic OH excluding ortho intramolecular Hbond substituents is 1. The molecular weight excluding hydrogens is 281 g/mol. The molecule has 0 unspecified atom stereocenters. The summed E-state index contributed by atoms with van der Waals surface area (Å²) in [5.41, 5.74) is -4.64. The molecule has 0 aliphatic carbocycles. The van der Waals surface area contributed by atoms with Gasteiger partial charge in [-0.15, -0.1) is 0 Å². The van der Waals surface area contributed by atoms with Gasteiger partial charge in [0.05, 0.1) is 13.7 Å². The monoisotopic (exact) mass is 294 g/mol. The van der Waals surface area contributed by atoms with Crippen LogP contribution in [-0.4, -0.2) is 36.1 Å². The molecule has 0 spiro atoms. The largest absolute Gasteiger partial charge is 0.504 e. The van der Waals surface area contributed by atoms with E-state index in [1.54, 1.807) is 0 Å². The number of carbonyl (C=O) groups excluding carboxylic acids is 1. The van der Waals surface area contributed by atoms with Crippen molar-refractivity contribution in [1.29, 1.82) is 0 Å². The lowest BCUT2D eigenvalue weighted by molar-refractivity contribution is -0.267. The van der Waals surface area contributed by atoms with E-state index < -0.39 is 29.1 Å². The first-order valence-electron chi connectivity index (χ1n) is 5.52. The van der Waals surface area contributed by atoms with Gasteiger partial charge in [0.25, 0.3) is 5.60 Å². The van der Waals surface area contributed by atoms with Crippen molar-refractivity contribution in [3.63, 3.8) is 0 Å². The minimum absolute atomic E-state index is 0.311. The number of methoxy groups -OCH3 is 1. The van der Waals surface area contributed by atoms with E-state index in [0.717, 1.165) is 25.3 Å². The molecule has 0 radical (unpaired) electrons. The predicted octanol–water partition coefficient (Wildman–Crippen LogP) is 1.71. The van der Waals surface area contributed by atoms with Gasteiger partial charge in [-0.05, 0) is 19.1 Å². The standard InChI is InChI=1S/C12H13F3O5/c1-3-20-10(17)11(18,12(13,14)15)7-4-5-8(16)9(6-7)19-2/h4-6,16,18H,3H2,1-2H3/t11-/m1/s1. The lowest BCUT2D eigenvalue weighted by atomic mass is 9.92. The summed E-state index contributed by atoms with van der Waals surface area (Å²) in [6, 6.07) is 2.37. The summed E-state index contributed by atoms with van der Waals surface area (Å²) in [6.45, 7) is 0.985. The molecule has 20 heavy (non-hydrogen) atoms. The van der Waals surface area contributed by atoms with E-state index >= 15 is 0 Å². The summed E-state index contributed by atoms with van der Waals surface area (Å²) in [5.74, 6) is -2.58. The highest BCUT2D eigenvalue weighted by molar-refractivity contribution is 5.82. The highest BCUT2D eigenvalue weighted by Gasteiger charge is 2.62. The fourth-order valence-electron chi connectivity index (χ4n) is 1.54. The van der Waals surface area contributed by atoms with Gasteiger partial charge >= 0.3 is 12.1 Å². The van der Waals surface area contributed by atoms with Crippen LogP contribution in [0.1, 0.15) is 12.5 Å². The third-order valence-electron chi connectivity index (χ3n) is 2.58. The number of hydrogen-bond acceptors (Lipinski definition) is 5. The second-order valence-electron chi connectivity index (χ2n) is 3.82. The van der Waals surface area contributed by atoms with Gasteiger partial charge in [-0.3, -0.25) is 0 Å². The average Bonchev–Trinajstić information content (AvgIpc) is 2.37. The minimum atomic E-state index is -5.29. The molecule has 0 fully saturated rings. The number of carbonyl (C=O) groups is 1. The first-order chi connectivity index (χ1) is 9.18. The van der Waals surface area contributed by atoms with Gasteiger partial charge < -0.3 is 19.7 Å². The second-order valence-corrected chi connectivity index (χ2v) is 3.82. The topological polar surface area (TPSA) is 76.0 Å². The highest BCUT2D eigenvalue weighted by Crippen LogP contribution is 2.42. The molecule has 1 aromatic carbocycles. The Bertz CT molecular complexity index is 500. The molecule has 0 heterocycles. The highest BCUT2D eigenvalue weighted by atomic mass is 19.4. The van der Waals surface area contributed by atoms with Crippen molar-refractivity contribution in [1.82, 2.24) is 0 Å². The molecule has 5 nitrogen and oxygen atoms in total. The van der Waals surface area contributed by atoms with Gasteiger partial charge in [0.15, 0.2) is 11.5 Å². The molecule has 0 aliphatic rings. The van der Waals surface area contributed by atoms with Crippen molar-refractivity contribution in [2.45, 2.75) is 18.7 Å². The fraction of sp³-hybridized carbons (Fsp3) is 0.417. The van der Waals surface area contributed by atoms with Crippen LogP contribution < -0.4 is 4.74 Å². The SMILES string of the molecule is CCOC(=O)[C@](O)(c1ccc(O)c(OC)c1)C(F)(F)F. The molecule has 0 aromatic heterocycles. The molecule has 0 saturated carbocycles. The smallest absolute Gasteiger partial charge is 0.432 e. The van der Waals surface area contributed by atoms with Crippen molar-refractivity contribution < 1.29 is 37.7 Å². The molecule has 0 amide bonds. The zero-order valence-electron chi connectivity index (χ0n) is 10.7. The first kappa shape index (κ1) is 16.1. The number of phenols is 1. The van der Waals surface area contributed by atoms with Crippen molar-refractivity contribution in [2.75, 3.05) is 13.7 Å². The zero-order valence-corrected chi connectivity index (χ0v) is 10.7. The van der Waals surface area contributed by atoms with E-state index in [2.05, 4.69) is 9.47 Å². The van der Waals surface area contributed by atoms with Crippen LogP contribution in [0.2, 0.25) is 0 Å². The van der Waals surface area contributed by atoms with Crippen LogP contribution in [0.4, 0.5) is 13.2 Å². The molecule has 0 bridgehead atoms. The van der Waals surface area contributed by atoms with Crippen LogP contribution in [0.3, 0.4) is 0 Å². The Balaban J connectivity index is 3.42. The summed E-state index contributed by atoms with van der Waals surface area (Å²) in [5, 5.41) is 19.1. The number of alkyl halides is 3. The minimum Gasteiger partial charge on any atom is -0.504 e. The van der Waals surface area contributed by atoms with E-state index in [1.165, 1.54) is 6.92 Å². The Labute approximate surface area is 112 Å². The fourth-order valence-corrected chi connectivity index (χ4v) is 1.54. The van der Waals surface area contributed by atoms with Crippen molar-refractivity contribution >= 4 is 5.97 Å². The Kier molecular flexibility index (Phi) is 4.49. The van der Waals surface area contributed by atoms with E-state index in [1.807, 2.05) is 0 Å². The van der Waals surface area contributed by atoms with E-state index in [4.69, 9.17) is 0 Å². The van der Waals surface area contributed by atoms with Crippen LogP contribution in [0, 0.1) is 0 Å². The van der Waals surface area contributed by atoms with Crippen LogP contribution in [0.15, 0.2) is 18.2 Å². The molecule has 8 heteroatoms. The third kappa shape index (κ3) is 2.64. The van der Waals surface area contributed by atoms with Gasteiger partial charge in [0.1, 0.15) is 0 Å². The zero-order chi connectivity index (χ0) is 15.6. The van der Waals surface area contributed by atoms with E-state index in [0.29, 0.717) is 0 Å². The number of esters is 1. The summed E-state index contributed by atoms with van der Waals surface area (Å²) in [6.07, 6.45) is -5.29. The Morgan fingerprint density at radius 2 is 1.95 bits per heavy atom. The van der Waals surface area contributed by atoms with Crippen LogP contribution in [0.25, 0.3) is 0 Å². The number of rotatable bonds is 4. The molecule has 2 N–H and O–H groups in total. The Morgan fingerprint density at radius 1 is 1.35 bits per heavy atom.